The second kappa shape index (κ2) is 15.2. The summed E-state index contributed by atoms with van der Waals surface area (Å²) in [5, 5.41) is 8.50. The first-order valence-electron chi connectivity index (χ1n) is 13.8. The molecule has 44 heavy (non-hydrogen) atoms. The molecule has 14 heteroatoms. The first-order valence-corrected chi connectivity index (χ1v) is 41.0. The van der Waals surface area contributed by atoms with Crippen LogP contribution in [0.2, 0.25) is 0 Å². The third-order valence-corrected chi connectivity index (χ3v) is 120. The van der Waals surface area contributed by atoms with Crippen LogP contribution in [0.1, 0.15) is 0 Å². The van der Waals surface area contributed by atoms with Crippen LogP contribution < -0.4 is 5.30 Å². The molecule has 3 aromatic heterocycles. The fourth-order valence-electron chi connectivity index (χ4n) is 4.84. The Morgan fingerprint density at radius 1 is 0.500 bits per heavy atom. The Hall–Kier alpha value is 0.969. The summed E-state index contributed by atoms with van der Waals surface area (Å²) in [6, 6.07) is 59.0. The van der Waals surface area contributed by atoms with E-state index in [9.17, 15) is 0 Å². The predicted molar refractivity (Wildman–Crippen MR) is 221 cm³/mol. The van der Waals surface area contributed by atoms with Crippen molar-refractivity contribution in [3.63, 3.8) is 0 Å². The molecular weight excluding hydrogens is 867 g/mol. The third-order valence-electron chi connectivity index (χ3n) is 6.98. The average molecular weight is 894 g/mol. The van der Waals surface area contributed by atoms with E-state index in [1.807, 2.05) is 0 Å². The molecule has 0 aliphatic carbocycles. The predicted octanol–water partition coefficient (Wildman–Crippen LogP) is 17.0. The molecule has 0 aliphatic heterocycles. The molecule has 0 amide bonds. The molecule has 11 unspecified atom stereocenters. The molecular formula is C30H27P12PdSi. The van der Waals surface area contributed by atoms with E-state index in [4.69, 9.17) is 0 Å². The van der Waals surface area contributed by atoms with Crippen molar-refractivity contribution < 1.29 is 20.4 Å². The van der Waals surface area contributed by atoms with Crippen LogP contribution in [0, 0.1) is 0 Å². The average Bonchev–Trinajstić information content (AvgIpc) is 4.02. The van der Waals surface area contributed by atoms with Crippen molar-refractivity contribution in [2.75, 3.05) is 0 Å². The van der Waals surface area contributed by atoms with Crippen LogP contribution in [0.25, 0.3) is 21.2 Å². The zero-order valence-electron chi connectivity index (χ0n) is 23.2. The maximum Gasteiger partial charge on any atom is 0.117 e. The maximum absolute atomic E-state index is 4.52. The Bertz CT molecular complexity index is 1960. The molecule has 0 aliphatic rings. The van der Waals surface area contributed by atoms with Gasteiger partial charge >= 0.3 is 0 Å². The summed E-state index contributed by atoms with van der Waals surface area (Å²) in [6.45, 7) is 0.285. The van der Waals surface area contributed by atoms with E-state index in [1.165, 1.54) is 15.5 Å². The van der Waals surface area contributed by atoms with E-state index in [-0.39, 0.29) is 88.4 Å². The normalized spacial score (nSPS) is 16.6. The van der Waals surface area contributed by atoms with Crippen LogP contribution in [0.15, 0.2) is 152 Å². The Kier molecular flexibility index (Phi) is 11.6. The Labute approximate surface area is 289 Å². The molecule has 8 aromatic rings. The van der Waals surface area contributed by atoms with Gasteiger partial charge in [-0.05, 0) is 67.8 Å². The van der Waals surface area contributed by atoms with Crippen molar-refractivity contribution in [3.8, 4) is 21.2 Å². The van der Waals surface area contributed by atoms with Gasteiger partial charge in [0.15, 0.2) is 0 Å². The smallest absolute Gasteiger partial charge is 0.0915 e. The van der Waals surface area contributed by atoms with Crippen molar-refractivity contribution in [3.05, 3.63) is 152 Å². The molecule has 0 fully saturated rings. The third kappa shape index (κ3) is 7.14. The summed E-state index contributed by atoms with van der Waals surface area (Å²) in [5.74, 6) is 0. The molecule has 11 atom stereocenters. The van der Waals surface area contributed by atoms with Crippen molar-refractivity contribution in [1.82, 2.24) is 0 Å². The number of rotatable bonds is 10. The van der Waals surface area contributed by atoms with Gasteiger partial charge in [0.1, 0.15) is 9.91 Å². The van der Waals surface area contributed by atoms with Gasteiger partial charge < -0.3 is 0 Å². The second-order valence-electron chi connectivity index (χ2n) is 9.78. The van der Waals surface area contributed by atoms with Crippen LogP contribution in [0.4, 0.5) is 0 Å². The van der Waals surface area contributed by atoms with Crippen LogP contribution in [0.5, 0.6) is 0 Å². The van der Waals surface area contributed by atoms with Gasteiger partial charge in [-0.3, -0.25) is 0 Å². The van der Waals surface area contributed by atoms with E-state index in [0.29, 0.717) is 0 Å². The first kappa shape index (κ1) is 33.5. The van der Waals surface area contributed by atoms with E-state index in [2.05, 4.69) is 162 Å². The fourth-order valence-corrected chi connectivity index (χ4v) is 207. The van der Waals surface area contributed by atoms with E-state index >= 15 is 0 Å². The molecule has 0 bridgehead atoms. The molecule has 8 rings (SSSR count). The largest absolute Gasteiger partial charge is 0.117 e. The topological polar surface area (TPSA) is 0 Å². The summed E-state index contributed by atoms with van der Waals surface area (Å²) in [7, 11) is 6.86. The van der Waals surface area contributed by atoms with Crippen molar-refractivity contribution in [2.45, 2.75) is 0 Å². The van der Waals surface area contributed by atoms with Crippen molar-refractivity contribution in [2.24, 2.45) is 0 Å². The summed E-state index contributed by atoms with van der Waals surface area (Å²) in [4.78, 5) is 0. The van der Waals surface area contributed by atoms with Gasteiger partial charge in [0.05, 0.1) is 0 Å². The van der Waals surface area contributed by atoms with Gasteiger partial charge in [0, 0.05) is 48.6 Å². The van der Waals surface area contributed by atoms with Crippen LogP contribution in [0.3, 0.4) is 0 Å². The molecule has 0 nitrogen and oxygen atoms in total. The molecule has 3 heterocycles. The Balaban J connectivity index is 0.00000312. The van der Waals surface area contributed by atoms with E-state index in [0.717, 1.165) is 0 Å². The van der Waals surface area contributed by atoms with Crippen LogP contribution in [-0.4, -0.2) is 9.91 Å². The minimum Gasteiger partial charge on any atom is -0.0915 e. The summed E-state index contributed by atoms with van der Waals surface area (Å²) >= 11 is 0. The van der Waals surface area contributed by atoms with Crippen LogP contribution in [-0.2, 0) is 20.4 Å². The molecule has 0 saturated carbocycles. The molecule has 221 valence electrons. The molecule has 0 saturated heterocycles. The minimum absolute atomic E-state index is 0. The summed E-state index contributed by atoms with van der Waals surface area (Å²) in [6.07, 6.45) is -0.0272. The first-order chi connectivity index (χ1) is 21.3. The second-order valence-corrected chi connectivity index (χ2v) is 74.5. The van der Waals surface area contributed by atoms with E-state index in [1.54, 1.807) is 26.5 Å². The monoisotopic (exact) mass is 893 g/mol. The van der Waals surface area contributed by atoms with Gasteiger partial charge in [-0.2, -0.15) is 0 Å². The van der Waals surface area contributed by atoms with E-state index < -0.39 is 0 Å². The fraction of sp³-hybridized carbons (Fsp3) is 0. The maximum atomic E-state index is 4.52. The number of hydrogen-bond donors (Lipinski definition) is 0. The van der Waals surface area contributed by atoms with Crippen molar-refractivity contribution >= 4 is 98.7 Å². The van der Waals surface area contributed by atoms with Gasteiger partial charge in [0.2, 0.25) is 0 Å². The van der Waals surface area contributed by atoms with Gasteiger partial charge in [0.25, 0.3) is 0 Å². The van der Waals surface area contributed by atoms with Gasteiger partial charge in [-0.25, -0.2) is 0 Å². The SMILES string of the molecule is [Pd].[Si]p1p(-c2ccccc2)p1P(P(Pp1[pH]p1-c1ccccc1)c1ccccc1)p1p(-c2ccccc2)p1-c1ccccc1. The van der Waals surface area contributed by atoms with Crippen LogP contribution >= 0.6 is 83.5 Å². The Morgan fingerprint density at radius 2 is 0.909 bits per heavy atom. The quantitative estimate of drug-likeness (QED) is 0.0948. The van der Waals surface area contributed by atoms with Gasteiger partial charge in [-0.1, -0.05) is 166 Å². The van der Waals surface area contributed by atoms with Crippen molar-refractivity contribution in [1.29, 1.82) is 0 Å². The molecule has 0 spiro atoms. The molecule has 3 radical (unpaired) electrons. The molecule has 0 N–H and O–H groups in total. The number of benzene rings is 5. The summed E-state index contributed by atoms with van der Waals surface area (Å²) in [5.41, 5.74) is 0. The zero-order valence-corrected chi connectivity index (χ0v) is 36.7. The minimum atomic E-state index is -0.109. The zero-order chi connectivity index (χ0) is 28.8. The van der Waals surface area contributed by atoms with Gasteiger partial charge in [-0.15, -0.1) is 0 Å². The number of hydrogen-bond acceptors (Lipinski definition) is 0. The summed E-state index contributed by atoms with van der Waals surface area (Å²) < 4.78 is 0. The Morgan fingerprint density at radius 3 is 1.39 bits per heavy atom. The standard InChI is InChI=1S/C30H27P12Si.Pd/c43-42-37(30-24-14-5-15-25-30)41(42)39(40-35(28-20-10-3-11-21-28)36(40)29-22-12-4-13-23-29)34(27-18-8-2-9-19-27)32-38-31-33(38)26-16-6-1-7-17-26;/h1-25,31-32H;. The molecule has 5 aromatic carbocycles.